The molecule has 6 heteroatoms. The molecule has 0 spiro atoms. The van der Waals surface area contributed by atoms with E-state index >= 15 is 0 Å². The SMILES string of the molecule is CC(C)CS(=O)(=O)Nc1ncccc1Cl. The van der Waals surface area contributed by atoms with Crippen LogP contribution in [0.2, 0.25) is 5.02 Å². The van der Waals surface area contributed by atoms with Crippen LogP contribution in [-0.2, 0) is 10.0 Å². The number of aromatic nitrogens is 1. The van der Waals surface area contributed by atoms with Gasteiger partial charge in [0.2, 0.25) is 10.0 Å². The van der Waals surface area contributed by atoms with E-state index < -0.39 is 10.0 Å². The lowest BCUT2D eigenvalue weighted by Crippen LogP contribution is -2.20. The topological polar surface area (TPSA) is 59.1 Å². The Hall–Kier alpha value is -0.810. The molecule has 1 aromatic heterocycles. The molecule has 1 N–H and O–H groups in total. The summed E-state index contributed by atoms with van der Waals surface area (Å²) in [5, 5.41) is 0.296. The number of pyridine rings is 1. The van der Waals surface area contributed by atoms with Gasteiger partial charge in [-0.25, -0.2) is 13.4 Å². The molecule has 4 nitrogen and oxygen atoms in total. The zero-order valence-electron chi connectivity index (χ0n) is 8.57. The van der Waals surface area contributed by atoms with Crippen molar-refractivity contribution >= 4 is 27.4 Å². The Morgan fingerprint density at radius 1 is 1.53 bits per heavy atom. The van der Waals surface area contributed by atoms with Gasteiger partial charge in [-0.3, -0.25) is 4.72 Å². The van der Waals surface area contributed by atoms with Gasteiger partial charge in [-0.2, -0.15) is 0 Å². The van der Waals surface area contributed by atoms with Crippen molar-refractivity contribution in [1.29, 1.82) is 0 Å². The highest BCUT2D eigenvalue weighted by atomic mass is 35.5. The summed E-state index contributed by atoms with van der Waals surface area (Å²) in [5.41, 5.74) is 0. The third-order valence-electron chi connectivity index (χ3n) is 1.56. The van der Waals surface area contributed by atoms with Crippen molar-refractivity contribution in [3.63, 3.8) is 0 Å². The van der Waals surface area contributed by atoms with Gasteiger partial charge < -0.3 is 0 Å². The van der Waals surface area contributed by atoms with Gasteiger partial charge in [0, 0.05) is 6.20 Å². The predicted molar refractivity (Wildman–Crippen MR) is 61.5 cm³/mol. The first kappa shape index (κ1) is 12.3. The largest absolute Gasteiger partial charge is 0.266 e. The molecule has 0 atom stereocenters. The maximum Gasteiger partial charge on any atom is 0.234 e. The average molecular weight is 249 g/mol. The highest BCUT2D eigenvalue weighted by Gasteiger charge is 2.14. The molecule has 0 saturated heterocycles. The van der Waals surface area contributed by atoms with E-state index in [9.17, 15) is 8.42 Å². The summed E-state index contributed by atoms with van der Waals surface area (Å²) in [6.45, 7) is 3.67. The first-order chi connectivity index (χ1) is 6.91. The van der Waals surface area contributed by atoms with Crippen molar-refractivity contribution in [3.8, 4) is 0 Å². The van der Waals surface area contributed by atoms with Gasteiger partial charge in [0.1, 0.15) is 0 Å². The van der Waals surface area contributed by atoms with Crippen molar-refractivity contribution in [2.75, 3.05) is 10.5 Å². The number of hydrogen-bond donors (Lipinski definition) is 1. The molecule has 0 aliphatic carbocycles. The molecule has 0 saturated carbocycles. The number of halogens is 1. The number of rotatable bonds is 4. The van der Waals surface area contributed by atoms with Crippen LogP contribution in [0.5, 0.6) is 0 Å². The summed E-state index contributed by atoms with van der Waals surface area (Å²) in [6, 6.07) is 3.23. The van der Waals surface area contributed by atoms with Crippen LogP contribution < -0.4 is 4.72 Å². The minimum atomic E-state index is -3.35. The summed E-state index contributed by atoms with van der Waals surface area (Å²) in [6.07, 6.45) is 1.49. The van der Waals surface area contributed by atoms with Crippen LogP contribution in [0, 0.1) is 5.92 Å². The fraction of sp³-hybridized carbons (Fsp3) is 0.444. The summed E-state index contributed by atoms with van der Waals surface area (Å²) in [4.78, 5) is 3.85. The average Bonchev–Trinajstić information content (AvgIpc) is 2.06. The molecule has 0 aliphatic heterocycles. The van der Waals surface area contributed by atoms with E-state index in [-0.39, 0.29) is 17.5 Å². The van der Waals surface area contributed by atoms with Gasteiger partial charge in [0.05, 0.1) is 10.8 Å². The van der Waals surface area contributed by atoms with Gasteiger partial charge in [-0.1, -0.05) is 25.4 Å². The van der Waals surface area contributed by atoms with E-state index in [1.807, 2.05) is 13.8 Å². The second kappa shape index (κ2) is 4.81. The lowest BCUT2D eigenvalue weighted by atomic mass is 10.3. The highest BCUT2D eigenvalue weighted by Crippen LogP contribution is 2.19. The first-order valence-corrected chi connectivity index (χ1v) is 6.55. The molecule has 1 heterocycles. The fourth-order valence-electron chi connectivity index (χ4n) is 1.09. The Labute approximate surface area is 94.7 Å². The monoisotopic (exact) mass is 248 g/mol. The highest BCUT2D eigenvalue weighted by molar-refractivity contribution is 7.92. The number of sulfonamides is 1. The van der Waals surface area contributed by atoms with Crippen molar-refractivity contribution in [1.82, 2.24) is 4.98 Å². The predicted octanol–water partition coefficient (Wildman–Crippen LogP) is 2.13. The number of nitrogens with zero attached hydrogens (tertiary/aromatic N) is 1. The Morgan fingerprint density at radius 3 is 2.73 bits per heavy atom. The molecule has 0 amide bonds. The summed E-state index contributed by atoms with van der Waals surface area (Å²) < 4.78 is 25.5. The normalized spacial score (nSPS) is 11.7. The molecular weight excluding hydrogens is 236 g/mol. The molecule has 1 aromatic rings. The Kier molecular flexibility index (Phi) is 3.93. The molecule has 0 radical (unpaired) electrons. The van der Waals surface area contributed by atoms with Crippen LogP contribution in [0.1, 0.15) is 13.8 Å². The van der Waals surface area contributed by atoms with Crippen molar-refractivity contribution in [3.05, 3.63) is 23.4 Å². The van der Waals surface area contributed by atoms with Crippen LogP contribution in [0.4, 0.5) is 5.82 Å². The Bertz CT molecular complexity index is 431. The smallest absolute Gasteiger partial charge is 0.234 e. The molecule has 0 aromatic carbocycles. The van der Waals surface area contributed by atoms with E-state index in [0.717, 1.165) is 0 Å². The third-order valence-corrected chi connectivity index (χ3v) is 3.48. The maximum absolute atomic E-state index is 11.6. The van der Waals surface area contributed by atoms with Gasteiger partial charge in [-0.15, -0.1) is 0 Å². The lowest BCUT2D eigenvalue weighted by Gasteiger charge is -2.09. The molecule has 1 rings (SSSR count). The molecule has 0 unspecified atom stereocenters. The summed E-state index contributed by atoms with van der Waals surface area (Å²) >= 11 is 5.78. The first-order valence-electron chi connectivity index (χ1n) is 4.52. The Morgan fingerprint density at radius 2 is 2.20 bits per heavy atom. The lowest BCUT2D eigenvalue weighted by molar-refractivity contribution is 0.587. The third kappa shape index (κ3) is 4.05. The van der Waals surface area contributed by atoms with Gasteiger partial charge in [0.25, 0.3) is 0 Å². The van der Waals surface area contributed by atoms with Crippen molar-refractivity contribution in [2.24, 2.45) is 5.92 Å². The molecular formula is C9H13ClN2O2S. The minimum absolute atomic E-state index is 0.0555. The van der Waals surface area contributed by atoms with E-state index in [1.54, 1.807) is 12.1 Å². The minimum Gasteiger partial charge on any atom is -0.266 e. The maximum atomic E-state index is 11.6. The quantitative estimate of drug-likeness (QED) is 0.888. The van der Waals surface area contributed by atoms with Crippen molar-refractivity contribution < 1.29 is 8.42 Å². The summed E-state index contributed by atoms with van der Waals surface area (Å²) in [5.74, 6) is 0.296. The van der Waals surface area contributed by atoms with Crippen LogP contribution in [0.15, 0.2) is 18.3 Å². The van der Waals surface area contributed by atoms with Gasteiger partial charge >= 0.3 is 0 Å². The second-order valence-corrected chi connectivity index (χ2v) is 5.79. The van der Waals surface area contributed by atoms with Gasteiger partial charge in [0.15, 0.2) is 5.82 Å². The molecule has 0 bridgehead atoms. The van der Waals surface area contributed by atoms with Gasteiger partial charge in [-0.05, 0) is 18.1 Å². The summed E-state index contributed by atoms with van der Waals surface area (Å²) in [7, 11) is -3.35. The standard InChI is InChI=1S/C9H13ClN2O2S/c1-7(2)6-15(13,14)12-9-8(10)4-3-5-11-9/h3-5,7H,6H2,1-2H3,(H,11,12). The van der Waals surface area contributed by atoms with E-state index in [0.29, 0.717) is 5.02 Å². The van der Waals surface area contributed by atoms with E-state index in [4.69, 9.17) is 11.6 Å². The van der Waals surface area contributed by atoms with E-state index in [2.05, 4.69) is 9.71 Å². The zero-order chi connectivity index (χ0) is 11.5. The molecule has 15 heavy (non-hydrogen) atoms. The van der Waals surface area contributed by atoms with Crippen LogP contribution in [0.3, 0.4) is 0 Å². The molecule has 0 fully saturated rings. The number of anilines is 1. The zero-order valence-corrected chi connectivity index (χ0v) is 10.1. The van der Waals surface area contributed by atoms with Crippen LogP contribution in [0.25, 0.3) is 0 Å². The fourth-order valence-corrected chi connectivity index (χ4v) is 2.73. The second-order valence-electron chi connectivity index (χ2n) is 3.61. The number of hydrogen-bond acceptors (Lipinski definition) is 3. The van der Waals surface area contributed by atoms with Crippen LogP contribution >= 0.6 is 11.6 Å². The van der Waals surface area contributed by atoms with E-state index in [1.165, 1.54) is 6.20 Å². The van der Waals surface area contributed by atoms with Crippen LogP contribution in [-0.4, -0.2) is 19.2 Å². The Balaban J connectivity index is 2.83. The molecule has 84 valence electrons. The number of nitrogens with one attached hydrogen (secondary N) is 1. The molecule has 0 aliphatic rings. The van der Waals surface area contributed by atoms with Crippen molar-refractivity contribution in [2.45, 2.75) is 13.8 Å².